The van der Waals surface area contributed by atoms with Gasteiger partial charge in [-0.3, -0.25) is 9.55 Å². The number of hydrogen-bond donors (Lipinski definition) is 0. The molecule has 0 N–H and O–H groups in total. The van der Waals surface area contributed by atoms with E-state index in [2.05, 4.69) is 4.98 Å². The van der Waals surface area contributed by atoms with Crippen molar-refractivity contribution in [3.05, 3.63) is 28.1 Å². The van der Waals surface area contributed by atoms with Crippen LogP contribution in [0.4, 0.5) is 0 Å². The molecular formula is C18H28NO7P. The fourth-order valence-electron chi connectivity index (χ4n) is 2.75. The normalized spacial score (nSPS) is 11.3. The number of esters is 2. The molecule has 0 atom stereocenters. The van der Waals surface area contributed by atoms with Gasteiger partial charge in [0.2, 0.25) is 0 Å². The molecule has 0 aliphatic carbocycles. The molecule has 0 aromatic carbocycles. The molecule has 0 bridgehead atoms. The smallest absolute Gasteiger partial charge is 0.340 e. The second kappa shape index (κ2) is 10.5. The molecule has 27 heavy (non-hydrogen) atoms. The molecule has 0 saturated carbocycles. The zero-order valence-electron chi connectivity index (χ0n) is 16.8. The highest BCUT2D eigenvalue weighted by Gasteiger charge is 2.33. The van der Waals surface area contributed by atoms with Crippen molar-refractivity contribution in [1.82, 2.24) is 4.98 Å². The van der Waals surface area contributed by atoms with Crippen LogP contribution in [0.5, 0.6) is 0 Å². The number of carbonyl (C=O) groups is 2. The molecule has 1 aromatic heterocycles. The second-order valence-corrected chi connectivity index (χ2v) is 7.61. The summed E-state index contributed by atoms with van der Waals surface area (Å²) in [5.41, 5.74) is 1.12. The quantitative estimate of drug-likeness (QED) is 0.431. The van der Waals surface area contributed by atoms with Gasteiger partial charge in [0.05, 0.1) is 55.1 Å². The van der Waals surface area contributed by atoms with Crippen LogP contribution < -0.4 is 0 Å². The van der Waals surface area contributed by atoms with Crippen molar-refractivity contribution in [2.75, 3.05) is 26.4 Å². The molecule has 0 amide bonds. The monoisotopic (exact) mass is 401 g/mol. The summed E-state index contributed by atoms with van der Waals surface area (Å²) < 4.78 is 34.0. The Kier molecular flexibility index (Phi) is 9.09. The second-order valence-electron chi connectivity index (χ2n) is 5.56. The summed E-state index contributed by atoms with van der Waals surface area (Å²) in [6.45, 7) is 10.6. The maximum atomic E-state index is 13.1. The number of ether oxygens (including phenoxy) is 2. The summed E-state index contributed by atoms with van der Waals surface area (Å²) in [6, 6.07) is 0. The van der Waals surface area contributed by atoms with Crippen LogP contribution >= 0.6 is 7.60 Å². The number of hydrogen-bond acceptors (Lipinski definition) is 8. The van der Waals surface area contributed by atoms with Crippen molar-refractivity contribution in [1.29, 1.82) is 0 Å². The van der Waals surface area contributed by atoms with E-state index < -0.39 is 19.5 Å². The lowest BCUT2D eigenvalue weighted by Crippen LogP contribution is -2.20. The van der Waals surface area contributed by atoms with Gasteiger partial charge in [0.25, 0.3) is 0 Å². The highest BCUT2D eigenvalue weighted by Crippen LogP contribution is 2.52. The lowest BCUT2D eigenvalue weighted by atomic mass is 10.00. The fourth-order valence-corrected chi connectivity index (χ4v) is 4.49. The summed E-state index contributed by atoms with van der Waals surface area (Å²) in [5.74, 6) is -1.30. The van der Waals surface area contributed by atoms with Gasteiger partial charge in [-0.1, -0.05) is 0 Å². The van der Waals surface area contributed by atoms with Crippen LogP contribution in [0.2, 0.25) is 0 Å². The molecule has 0 radical (unpaired) electrons. The van der Waals surface area contributed by atoms with Gasteiger partial charge >= 0.3 is 19.5 Å². The largest absolute Gasteiger partial charge is 0.462 e. The number of carbonyl (C=O) groups excluding carboxylic acids is 2. The van der Waals surface area contributed by atoms with E-state index in [1.54, 1.807) is 41.5 Å². The van der Waals surface area contributed by atoms with Crippen LogP contribution in [0.25, 0.3) is 0 Å². The predicted molar refractivity (Wildman–Crippen MR) is 100 cm³/mol. The molecule has 0 fully saturated rings. The molecule has 9 heteroatoms. The lowest BCUT2D eigenvalue weighted by Gasteiger charge is -2.22. The van der Waals surface area contributed by atoms with E-state index in [4.69, 9.17) is 18.5 Å². The van der Waals surface area contributed by atoms with Crippen LogP contribution in [0.3, 0.4) is 0 Å². The lowest BCUT2D eigenvalue weighted by molar-refractivity contribution is 0.0521. The molecule has 1 heterocycles. The summed E-state index contributed by atoms with van der Waals surface area (Å²) in [5, 5.41) is 0. The first-order chi connectivity index (χ1) is 12.7. The summed E-state index contributed by atoms with van der Waals surface area (Å²) in [4.78, 5) is 29.4. The molecule has 1 rings (SSSR count). The molecule has 0 aliphatic rings. The number of pyridine rings is 1. The van der Waals surface area contributed by atoms with Crippen molar-refractivity contribution in [3.8, 4) is 0 Å². The Balaban J connectivity index is 3.69. The van der Waals surface area contributed by atoms with Crippen molar-refractivity contribution < 1.29 is 32.7 Å². The van der Waals surface area contributed by atoms with Crippen molar-refractivity contribution in [3.63, 3.8) is 0 Å². The Labute approximate surface area is 160 Å². The average Bonchev–Trinajstić information content (AvgIpc) is 2.55. The van der Waals surface area contributed by atoms with Crippen molar-refractivity contribution in [2.24, 2.45) is 0 Å². The van der Waals surface area contributed by atoms with E-state index >= 15 is 0 Å². The van der Waals surface area contributed by atoms with Crippen LogP contribution in [0, 0.1) is 13.8 Å². The number of aryl methyl sites for hydroxylation is 2. The van der Waals surface area contributed by atoms with Crippen LogP contribution in [0.1, 0.15) is 65.4 Å². The number of aromatic nitrogens is 1. The van der Waals surface area contributed by atoms with E-state index in [0.29, 0.717) is 11.4 Å². The minimum Gasteiger partial charge on any atom is -0.462 e. The maximum Gasteiger partial charge on any atom is 0.340 e. The molecular weight excluding hydrogens is 373 g/mol. The Morgan fingerprint density at radius 2 is 1.22 bits per heavy atom. The summed E-state index contributed by atoms with van der Waals surface area (Å²) in [7, 11) is -3.60. The first-order valence-corrected chi connectivity index (χ1v) is 10.7. The third kappa shape index (κ3) is 5.86. The predicted octanol–water partition coefficient (Wildman–Crippen LogP) is 3.82. The van der Waals surface area contributed by atoms with Gasteiger partial charge in [0.15, 0.2) is 0 Å². The third-order valence-corrected chi connectivity index (χ3v) is 5.63. The fraction of sp³-hybridized carbons (Fsp3) is 0.611. The van der Waals surface area contributed by atoms with Crippen LogP contribution in [-0.4, -0.2) is 43.4 Å². The maximum absolute atomic E-state index is 13.1. The van der Waals surface area contributed by atoms with Gasteiger partial charge < -0.3 is 18.5 Å². The van der Waals surface area contributed by atoms with E-state index in [1.807, 2.05) is 0 Å². The first-order valence-electron chi connectivity index (χ1n) is 8.96. The zero-order chi connectivity index (χ0) is 20.6. The molecule has 0 aliphatic heterocycles. The Hall–Kier alpha value is -1.76. The SMILES string of the molecule is CCOC(=O)c1c(C)nc(C)c(C(=O)OCC)c1CP(=O)(OCC)OCC. The molecule has 0 saturated heterocycles. The first kappa shape index (κ1) is 23.3. The molecule has 1 aromatic rings. The average molecular weight is 401 g/mol. The van der Waals surface area contributed by atoms with Gasteiger partial charge in [-0.25, -0.2) is 9.59 Å². The van der Waals surface area contributed by atoms with E-state index in [0.717, 1.165) is 0 Å². The van der Waals surface area contributed by atoms with Crippen LogP contribution in [0.15, 0.2) is 0 Å². The minimum absolute atomic E-state index is 0.0881. The standard InChI is InChI=1S/C18H28NO7P/c1-7-23-17(20)15-12(5)19-13(6)16(18(21)24-8-2)14(15)11-27(22,25-9-3)26-10-4/h7-11H2,1-6H3. The summed E-state index contributed by atoms with van der Waals surface area (Å²) >= 11 is 0. The Bertz CT molecular complexity index is 681. The van der Waals surface area contributed by atoms with Crippen molar-refractivity contribution >= 4 is 19.5 Å². The Morgan fingerprint density at radius 1 is 0.815 bits per heavy atom. The molecule has 0 unspecified atom stereocenters. The van der Waals surface area contributed by atoms with Gasteiger partial charge in [-0.2, -0.15) is 0 Å². The van der Waals surface area contributed by atoms with E-state index in [1.165, 1.54) is 0 Å². The van der Waals surface area contributed by atoms with E-state index in [-0.39, 0.29) is 49.3 Å². The highest BCUT2D eigenvalue weighted by atomic mass is 31.2. The highest BCUT2D eigenvalue weighted by molar-refractivity contribution is 7.53. The van der Waals surface area contributed by atoms with Gasteiger partial charge in [-0.15, -0.1) is 0 Å². The minimum atomic E-state index is -3.60. The van der Waals surface area contributed by atoms with E-state index in [9.17, 15) is 14.2 Å². The van der Waals surface area contributed by atoms with Crippen molar-refractivity contribution in [2.45, 2.75) is 47.7 Å². The Morgan fingerprint density at radius 3 is 1.56 bits per heavy atom. The third-order valence-electron chi connectivity index (χ3n) is 3.63. The topological polar surface area (TPSA) is 101 Å². The molecule has 152 valence electrons. The number of rotatable bonds is 10. The van der Waals surface area contributed by atoms with Gasteiger partial charge in [-0.05, 0) is 47.1 Å². The number of nitrogens with zero attached hydrogens (tertiary/aromatic N) is 1. The zero-order valence-corrected chi connectivity index (χ0v) is 17.7. The molecule has 0 spiro atoms. The molecule has 8 nitrogen and oxygen atoms in total. The summed E-state index contributed by atoms with van der Waals surface area (Å²) in [6.07, 6.45) is -0.263. The van der Waals surface area contributed by atoms with Crippen LogP contribution in [-0.2, 0) is 29.2 Å². The van der Waals surface area contributed by atoms with Gasteiger partial charge in [0, 0.05) is 0 Å². The van der Waals surface area contributed by atoms with Gasteiger partial charge in [0.1, 0.15) is 0 Å².